The van der Waals surface area contributed by atoms with Gasteiger partial charge in [0.05, 0.1) is 22.5 Å². The molecule has 0 unspecified atom stereocenters. The van der Waals surface area contributed by atoms with E-state index < -0.39 is 0 Å². The molecular weight excluding hydrogens is 426 g/mol. The molecule has 4 rings (SSSR count). The smallest absolute Gasteiger partial charge is 0.257 e. The highest BCUT2D eigenvalue weighted by Crippen LogP contribution is 2.34. The molecule has 0 aliphatic rings. The molecule has 7 heteroatoms. The molecule has 1 amide bonds. The maximum atomic E-state index is 12.6. The Balaban J connectivity index is 1.49. The van der Waals surface area contributed by atoms with E-state index in [0.29, 0.717) is 17.9 Å². The van der Waals surface area contributed by atoms with Gasteiger partial charge in [0.15, 0.2) is 5.11 Å². The van der Waals surface area contributed by atoms with Crippen LogP contribution in [0.15, 0.2) is 72.8 Å². The molecule has 1 heterocycles. The number of hydrogen-bond donors (Lipinski definition) is 2. The third kappa shape index (κ3) is 5.07. The van der Waals surface area contributed by atoms with E-state index in [1.165, 1.54) is 0 Å². The van der Waals surface area contributed by atoms with E-state index in [0.717, 1.165) is 32.9 Å². The fourth-order valence-electron chi connectivity index (χ4n) is 3.04. The average Bonchev–Trinajstić information content (AvgIpc) is 3.22. The van der Waals surface area contributed by atoms with Crippen LogP contribution < -0.4 is 15.4 Å². The van der Waals surface area contributed by atoms with Gasteiger partial charge in [0, 0.05) is 11.1 Å². The molecule has 0 atom stereocenters. The predicted molar refractivity (Wildman–Crippen MR) is 131 cm³/mol. The van der Waals surface area contributed by atoms with Crippen LogP contribution in [0, 0.1) is 0 Å². The van der Waals surface area contributed by atoms with Crippen molar-refractivity contribution in [1.82, 2.24) is 10.3 Å². The maximum absolute atomic E-state index is 12.6. The van der Waals surface area contributed by atoms with Crippen LogP contribution in [0.25, 0.3) is 20.8 Å². The number of hydrogen-bond acceptors (Lipinski definition) is 5. The molecule has 0 aliphatic carbocycles. The molecule has 3 aromatic carbocycles. The highest BCUT2D eigenvalue weighted by atomic mass is 32.1. The Morgan fingerprint density at radius 2 is 1.87 bits per heavy atom. The number of nitrogens with zero attached hydrogens (tertiary/aromatic N) is 1. The lowest BCUT2D eigenvalue weighted by atomic mass is 10.2. The fourth-order valence-corrected chi connectivity index (χ4v) is 4.25. The lowest BCUT2D eigenvalue weighted by Gasteiger charge is -2.13. The number of thiocarbonyl (C=S) groups is 1. The molecule has 31 heavy (non-hydrogen) atoms. The second kappa shape index (κ2) is 9.68. The Morgan fingerprint density at radius 3 is 2.71 bits per heavy atom. The van der Waals surface area contributed by atoms with Gasteiger partial charge in [-0.05, 0) is 61.1 Å². The van der Waals surface area contributed by atoms with Crippen molar-refractivity contribution in [3.05, 3.63) is 78.4 Å². The summed E-state index contributed by atoms with van der Waals surface area (Å²) in [7, 11) is 0. The molecule has 156 valence electrons. The molecule has 0 aliphatic heterocycles. The van der Waals surface area contributed by atoms with E-state index in [-0.39, 0.29) is 11.0 Å². The third-order valence-electron chi connectivity index (χ3n) is 4.50. The van der Waals surface area contributed by atoms with Gasteiger partial charge in [-0.15, -0.1) is 11.3 Å². The van der Waals surface area contributed by atoms with Gasteiger partial charge >= 0.3 is 0 Å². The van der Waals surface area contributed by atoms with Gasteiger partial charge in [0.25, 0.3) is 5.91 Å². The summed E-state index contributed by atoms with van der Waals surface area (Å²) < 4.78 is 6.72. The fraction of sp³-hybridized carbons (Fsp3) is 0.125. The number of amides is 1. The zero-order valence-electron chi connectivity index (χ0n) is 16.9. The van der Waals surface area contributed by atoms with Crippen LogP contribution in [0.1, 0.15) is 23.7 Å². The number of carbonyl (C=O) groups excluding carboxylic acids is 1. The average molecular weight is 448 g/mol. The molecule has 2 N–H and O–H groups in total. The van der Waals surface area contributed by atoms with Crippen molar-refractivity contribution in [3.63, 3.8) is 0 Å². The summed E-state index contributed by atoms with van der Waals surface area (Å²) in [6, 6.07) is 22.9. The van der Waals surface area contributed by atoms with Crippen molar-refractivity contribution >= 4 is 50.5 Å². The first-order valence-corrected chi connectivity index (χ1v) is 11.2. The Kier molecular flexibility index (Phi) is 6.54. The Bertz CT molecular complexity index is 1200. The number of carbonyl (C=O) groups is 1. The summed E-state index contributed by atoms with van der Waals surface area (Å²) in [6.07, 6.45) is 0.901. The lowest BCUT2D eigenvalue weighted by molar-refractivity contribution is 0.0977. The normalized spacial score (nSPS) is 10.6. The summed E-state index contributed by atoms with van der Waals surface area (Å²) in [5, 5.41) is 6.99. The minimum Gasteiger partial charge on any atom is -0.494 e. The summed E-state index contributed by atoms with van der Waals surface area (Å²) in [4.78, 5) is 17.4. The standard InChI is InChI=1S/C24H21N3O2S2/c1-2-14-29-17-9-7-8-16(15-17)22(28)27-24(30)26-19-11-4-3-10-18(19)23-25-20-12-5-6-13-21(20)31-23/h3-13,15H,2,14H2,1H3,(H2,26,27,28,30). The maximum Gasteiger partial charge on any atom is 0.257 e. The molecule has 1 aromatic heterocycles. The summed E-state index contributed by atoms with van der Waals surface area (Å²) in [5.74, 6) is 0.367. The van der Waals surface area contributed by atoms with E-state index in [4.69, 9.17) is 21.9 Å². The molecule has 0 spiro atoms. The number of benzene rings is 3. The van der Waals surface area contributed by atoms with Crippen LogP contribution >= 0.6 is 23.6 Å². The minimum absolute atomic E-state index is 0.221. The Morgan fingerprint density at radius 1 is 1.06 bits per heavy atom. The second-order valence-corrected chi connectivity index (χ2v) is 8.26. The van der Waals surface area contributed by atoms with Crippen LogP contribution in [0.4, 0.5) is 5.69 Å². The second-order valence-electron chi connectivity index (χ2n) is 6.82. The van der Waals surface area contributed by atoms with Crippen molar-refractivity contribution in [1.29, 1.82) is 0 Å². The first kappa shape index (κ1) is 21.0. The molecule has 0 saturated carbocycles. The van der Waals surface area contributed by atoms with Gasteiger partial charge in [-0.3, -0.25) is 10.1 Å². The number of fused-ring (bicyclic) bond motifs is 1. The number of nitrogens with one attached hydrogen (secondary N) is 2. The van der Waals surface area contributed by atoms with Crippen molar-refractivity contribution in [2.45, 2.75) is 13.3 Å². The van der Waals surface area contributed by atoms with Crippen LogP contribution in [0.5, 0.6) is 5.75 Å². The van der Waals surface area contributed by atoms with Crippen molar-refractivity contribution in [3.8, 4) is 16.3 Å². The quantitative estimate of drug-likeness (QED) is 0.362. The molecule has 0 saturated heterocycles. The van der Waals surface area contributed by atoms with Crippen molar-refractivity contribution in [2.75, 3.05) is 11.9 Å². The number of ether oxygens (including phenoxy) is 1. The van der Waals surface area contributed by atoms with Crippen molar-refractivity contribution in [2.24, 2.45) is 0 Å². The molecule has 0 radical (unpaired) electrons. The number of aromatic nitrogens is 1. The largest absolute Gasteiger partial charge is 0.494 e. The molecule has 5 nitrogen and oxygen atoms in total. The SMILES string of the molecule is CCCOc1cccc(C(=O)NC(=S)Nc2ccccc2-c2nc3ccccc3s2)c1. The van der Waals surface area contributed by atoms with Gasteiger partial charge in [0.1, 0.15) is 10.8 Å². The lowest BCUT2D eigenvalue weighted by Crippen LogP contribution is -2.34. The van der Waals surface area contributed by atoms with Gasteiger partial charge < -0.3 is 10.1 Å². The highest BCUT2D eigenvalue weighted by Gasteiger charge is 2.13. The highest BCUT2D eigenvalue weighted by molar-refractivity contribution is 7.80. The predicted octanol–water partition coefficient (Wildman–Crippen LogP) is 5.88. The van der Waals surface area contributed by atoms with Gasteiger partial charge in [-0.1, -0.05) is 37.3 Å². The number of para-hydroxylation sites is 2. The van der Waals surface area contributed by atoms with Gasteiger partial charge in [0.2, 0.25) is 0 Å². The van der Waals surface area contributed by atoms with Crippen LogP contribution in [-0.2, 0) is 0 Å². The summed E-state index contributed by atoms with van der Waals surface area (Å²) >= 11 is 7.01. The molecule has 0 bridgehead atoms. The van der Waals surface area contributed by atoms with Crippen LogP contribution in [0.3, 0.4) is 0 Å². The third-order valence-corrected chi connectivity index (χ3v) is 5.77. The van der Waals surface area contributed by atoms with Gasteiger partial charge in [-0.25, -0.2) is 4.98 Å². The Labute approximate surface area is 190 Å². The zero-order chi connectivity index (χ0) is 21.6. The van der Waals surface area contributed by atoms with E-state index in [1.807, 2.05) is 55.5 Å². The summed E-state index contributed by atoms with van der Waals surface area (Å²) in [6.45, 7) is 2.64. The number of anilines is 1. The molecule has 0 fully saturated rings. The first-order chi connectivity index (χ1) is 15.1. The Hall–Kier alpha value is -3.29. The van der Waals surface area contributed by atoms with Crippen molar-refractivity contribution < 1.29 is 9.53 Å². The van der Waals surface area contributed by atoms with Crippen LogP contribution in [-0.4, -0.2) is 22.6 Å². The number of rotatable bonds is 6. The van der Waals surface area contributed by atoms with Gasteiger partial charge in [-0.2, -0.15) is 0 Å². The monoisotopic (exact) mass is 447 g/mol. The molecule has 4 aromatic rings. The molecular formula is C24H21N3O2S2. The van der Waals surface area contributed by atoms with E-state index in [1.54, 1.807) is 29.5 Å². The minimum atomic E-state index is -0.295. The van der Waals surface area contributed by atoms with E-state index in [2.05, 4.69) is 16.7 Å². The zero-order valence-corrected chi connectivity index (χ0v) is 18.6. The van der Waals surface area contributed by atoms with E-state index in [9.17, 15) is 4.79 Å². The number of thiazole rings is 1. The van der Waals surface area contributed by atoms with E-state index >= 15 is 0 Å². The first-order valence-electron chi connectivity index (χ1n) is 9.94. The topological polar surface area (TPSA) is 63.2 Å². The van der Waals surface area contributed by atoms with Crippen LogP contribution in [0.2, 0.25) is 0 Å². The summed E-state index contributed by atoms with van der Waals surface area (Å²) in [5.41, 5.74) is 3.15.